The summed E-state index contributed by atoms with van der Waals surface area (Å²) in [5.74, 6) is -1.81. The fraction of sp³-hybridized carbons (Fsp3) is 0. The minimum atomic E-state index is -0.918. The number of benzene rings is 1. The van der Waals surface area contributed by atoms with Gasteiger partial charge in [0.05, 0.1) is 5.69 Å². The van der Waals surface area contributed by atoms with E-state index in [0.29, 0.717) is 23.1 Å². The lowest BCUT2D eigenvalue weighted by Crippen LogP contribution is -1.89. The molecule has 16 heavy (non-hydrogen) atoms. The lowest BCUT2D eigenvalue weighted by atomic mass is 10.1. The molecule has 0 radical (unpaired) electrons. The zero-order chi connectivity index (χ0) is 11.5. The van der Waals surface area contributed by atoms with Crippen LogP contribution in [0.15, 0.2) is 36.5 Å². The second kappa shape index (κ2) is 4.18. The van der Waals surface area contributed by atoms with E-state index in [0.717, 1.165) is 12.1 Å². The molecule has 0 amide bonds. The number of aromatic nitrogens is 1. The van der Waals surface area contributed by atoms with Crippen LogP contribution in [0.4, 0.5) is 8.78 Å². The van der Waals surface area contributed by atoms with Crippen LogP contribution < -0.4 is 0 Å². The zero-order valence-electron chi connectivity index (χ0n) is 8.15. The number of pyridine rings is 1. The molecule has 2 aromatic rings. The second-order valence-corrected chi connectivity index (χ2v) is 3.22. The quantitative estimate of drug-likeness (QED) is 0.727. The highest BCUT2D eigenvalue weighted by Crippen LogP contribution is 2.19. The van der Waals surface area contributed by atoms with Crippen molar-refractivity contribution in [1.82, 2.24) is 4.98 Å². The van der Waals surface area contributed by atoms with Crippen LogP contribution in [0.1, 0.15) is 10.4 Å². The highest BCUT2D eigenvalue weighted by Gasteiger charge is 2.05. The molecule has 2 rings (SSSR count). The smallest absolute Gasteiger partial charge is 0.159 e. The number of hydrogen-bond acceptors (Lipinski definition) is 2. The minimum absolute atomic E-state index is 0.436. The number of rotatable bonds is 2. The first-order valence-electron chi connectivity index (χ1n) is 4.57. The van der Waals surface area contributed by atoms with Crippen LogP contribution >= 0.6 is 0 Å². The summed E-state index contributed by atoms with van der Waals surface area (Å²) in [4.78, 5) is 14.4. The van der Waals surface area contributed by atoms with Crippen molar-refractivity contribution in [2.75, 3.05) is 0 Å². The van der Waals surface area contributed by atoms with Gasteiger partial charge in [0.1, 0.15) is 0 Å². The van der Waals surface area contributed by atoms with Gasteiger partial charge in [-0.05, 0) is 30.3 Å². The van der Waals surface area contributed by atoms with Gasteiger partial charge in [-0.3, -0.25) is 9.78 Å². The van der Waals surface area contributed by atoms with Crippen LogP contribution in [0.25, 0.3) is 11.3 Å². The van der Waals surface area contributed by atoms with Crippen molar-refractivity contribution in [3.8, 4) is 11.3 Å². The Bertz CT molecular complexity index is 523. The fourth-order valence-electron chi connectivity index (χ4n) is 1.30. The van der Waals surface area contributed by atoms with Crippen molar-refractivity contribution in [2.24, 2.45) is 0 Å². The molecule has 0 saturated heterocycles. The number of aldehydes is 1. The van der Waals surface area contributed by atoms with Gasteiger partial charge in [0, 0.05) is 17.3 Å². The standard InChI is InChI=1S/C12H7F2NO/c13-10-3-2-9(5-11(10)14)12-4-1-8(7-16)6-15-12/h1-7H. The largest absolute Gasteiger partial charge is 0.298 e. The maximum atomic E-state index is 13.0. The first kappa shape index (κ1) is 10.4. The molecule has 0 aliphatic rings. The first-order chi connectivity index (χ1) is 7.70. The van der Waals surface area contributed by atoms with Gasteiger partial charge >= 0.3 is 0 Å². The van der Waals surface area contributed by atoms with Crippen molar-refractivity contribution in [2.45, 2.75) is 0 Å². The molecule has 0 atom stereocenters. The number of hydrogen-bond donors (Lipinski definition) is 0. The Hall–Kier alpha value is -2.10. The van der Waals surface area contributed by atoms with Crippen molar-refractivity contribution in [3.63, 3.8) is 0 Å². The Labute approximate surface area is 90.6 Å². The van der Waals surface area contributed by atoms with Crippen LogP contribution in [0, 0.1) is 11.6 Å². The average molecular weight is 219 g/mol. The molecule has 4 heteroatoms. The summed E-state index contributed by atoms with van der Waals surface area (Å²) in [6.45, 7) is 0. The van der Waals surface area contributed by atoms with E-state index < -0.39 is 11.6 Å². The summed E-state index contributed by atoms with van der Waals surface area (Å²) in [5.41, 5.74) is 1.40. The van der Waals surface area contributed by atoms with Crippen molar-refractivity contribution in [1.29, 1.82) is 0 Å². The van der Waals surface area contributed by atoms with E-state index in [1.54, 1.807) is 12.1 Å². The second-order valence-electron chi connectivity index (χ2n) is 3.22. The molecule has 0 spiro atoms. The predicted octanol–water partition coefficient (Wildman–Crippen LogP) is 2.84. The van der Waals surface area contributed by atoms with Gasteiger partial charge in [0.2, 0.25) is 0 Å². The molecule has 1 aromatic carbocycles. The SMILES string of the molecule is O=Cc1ccc(-c2ccc(F)c(F)c2)nc1. The number of carbonyl (C=O) groups is 1. The summed E-state index contributed by atoms with van der Waals surface area (Å²) >= 11 is 0. The van der Waals surface area contributed by atoms with E-state index in [4.69, 9.17) is 0 Å². The van der Waals surface area contributed by atoms with E-state index in [1.807, 2.05) is 0 Å². The van der Waals surface area contributed by atoms with Crippen LogP contribution in [0.5, 0.6) is 0 Å². The Morgan fingerprint density at radius 1 is 1.06 bits per heavy atom. The van der Waals surface area contributed by atoms with Gasteiger partial charge in [-0.15, -0.1) is 0 Å². The average Bonchev–Trinajstić information content (AvgIpc) is 2.33. The van der Waals surface area contributed by atoms with E-state index in [2.05, 4.69) is 4.98 Å². The van der Waals surface area contributed by atoms with Gasteiger partial charge in [-0.1, -0.05) is 0 Å². The number of nitrogens with zero attached hydrogens (tertiary/aromatic N) is 1. The molecule has 0 N–H and O–H groups in total. The molecule has 0 aliphatic carbocycles. The summed E-state index contributed by atoms with van der Waals surface area (Å²) in [5, 5.41) is 0. The van der Waals surface area contributed by atoms with Crippen LogP contribution in [0.2, 0.25) is 0 Å². The molecule has 1 heterocycles. The van der Waals surface area contributed by atoms with Crippen molar-refractivity contribution < 1.29 is 13.6 Å². The van der Waals surface area contributed by atoms with Crippen LogP contribution in [-0.4, -0.2) is 11.3 Å². The molecule has 0 unspecified atom stereocenters. The zero-order valence-corrected chi connectivity index (χ0v) is 8.15. The molecule has 0 fully saturated rings. The van der Waals surface area contributed by atoms with E-state index in [1.165, 1.54) is 12.3 Å². The third-order valence-electron chi connectivity index (χ3n) is 2.14. The first-order valence-corrected chi connectivity index (χ1v) is 4.57. The van der Waals surface area contributed by atoms with E-state index in [9.17, 15) is 13.6 Å². The third-order valence-corrected chi connectivity index (χ3v) is 2.14. The molecule has 80 valence electrons. The highest BCUT2D eigenvalue weighted by atomic mass is 19.2. The van der Waals surface area contributed by atoms with Crippen LogP contribution in [0.3, 0.4) is 0 Å². The summed E-state index contributed by atoms with van der Waals surface area (Å²) in [7, 11) is 0. The monoisotopic (exact) mass is 219 g/mol. The Kier molecular flexibility index (Phi) is 2.72. The normalized spacial score (nSPS) is 10.1. The van der Waals surface area contributed by atoms with Gasteiger partial charge in [-0.25, -0.2) is 8.78 Å². The summed E-state index contributed by atoms with van der Waals surface area (Å²) < 4.78 is 25.6. The van der Waals surface area contributed by atoms with Crippen molar-refractivity contribution in [3.05, 3.63) is 53.7 Å². The molecular formula is C12H7F2NO. The lowest BCUT2D eigenvalue weighted by Gasteiger charge is -2.01. The Morgan fingerprint density at radius 3 is 2.44 bits per heavy atom. The molecule has 2 nitrogen and oxygen atoms in total. The molecular weight excluding hydrogens is 212 g/mol. The van der Waals surface area contributed by atoms with Gasteiger partial charge in [0.25, 0.3) is 0 Å². The summed E-state index contributed by atoms with van der Waals surface area (Å²) in [6.07, 6.45) is 2.05. The lowest BCUT2D eigenvalue weighted by molar-refractivity contribution is 0.112. The van der Waals surface area contributed by atoms with Crippen LogP contribution in [-0.2, 0) is 0 Å². The van der Waals surface area contributed by atoms with E-state index >= 15 is 0 Å². The Morgan fingerprint density at radius 2 is 1.88 bits per heavy atom. The minimum Gasteiger partial charge on any atom is -0.298 e. The summed E-state index contributed by atoms with van der Waals surface area (Å²) in [6, 6.07) is 6.69. The maximum Gasteiger partial charge on any atom is 0.159 e. The maximum absolute atomic E-state index is 13.0. The van der Waals surface area contributed by atoms with Gasteiger partial charge in [-0.2, -0.15) is 0 Å². The highest BCUT2D eigenvalue weighted by molar-refractivity contribution is 5.75. The van der Waals surface area contributed by atoms with Gasteiger partial charge in [0.15, 0.2) is 17.9 Å². The number of halogens is 2. The molecule has 1 aromatic heterocycles. The molecule has 0 saturated carbocycles. The molecule has 0 bridgehead atoms. The predicted molar refractivity (Wildman–Crippen MR) is 55.0 cm³/mol. The van der Waals surface area contributed by atoms with Gasteiger partial charge < -0.3 is 0 Å². The number of carbonyl (C=O) groups excluding carboxylic acids is 1. The molecule has 0 aliphatic heterocycles. The van der Waals surface area contributed by atoms with Crippen molar-refractivity contribution >= 4 is 6.29 Å². The van der Waals surface area contributed by atoms with E-state index in [-0.39, 0.29) is 0 Å². The topological polar surface area (TPSA) is 30.0 Å². The third kappa shape index (κ3) is 1.95. The fourth-order valence-corrected chi connectivity index (χ4v) is 1.30. The Balaban J connectivity index is 2.42.